The highest BCUT2D eigenvalue weighted by Gasteiger charge is 2.22. The van der Waals surface area contributed by atoms with E-state index in [0.717, 1.165) is 0 Å². The van der Waals surface area contributed by atoms with Crippen molar-refractivity contribution in [3.8, 4) is 17.2 Å². The van der Waals surface area contributed by atoms with E-state index in [1.54, 1.807) is 62.6 Å². The Bertz CT molecular complexity index is 1050. The maximum atomic E-state index is 12.7. The minimum absolute atomic E-state index is 0.0449. The second-order valence-corrected chi connectivity index (χ2v) is 7.02. The van der Waals surface area contributed by atoms with Crippen molar-refractivity contribution in [2.24, 2.45) is 0 Å². The molecule has 0 spiro atoms. The quantitative estimate of drug-likeness (QED) is 0.546. The lowest BCUT2D eigenvalue weighted by atomic mass is 10.2. The highest BCUT2D eigenvalue weighted by Crippen LogP contribution is 2.25. The molecule has 2 N–H and O–H groups in total. The third kappa shape index (κ3) is 5.59. The molecule has 0 bridgehead atoms. The molecule has 162 valence electrons. The molecule has 0 aliphatic carbocycles. The number of aromatic nitrogens is 2. The number of methoxy groups -OCH3 is 1. The van der Waals surface area contributed by atoms with Crippen molar-refractivity contribution in [3.05, 3.63) is 60.0 Å². The van der Waals surface area contributed by atoms with Crippen molar-refractivity contribution in [2.45, 2.75) is 32.9 Å². The van der Waals surface area contributed by atoms with Crippen LogP contribution in [-0.4, -0.2) is 35.3 Å². The number of esters is 1. The number of carbonyl (C=O) groups excluding carboxylic acids is 2. The fourth-order valence-electron chi connectivity index (χ4n) is 2.71. The zero-order chi connectivity index (χ0) is 22.4. The van der Waals surface area contributed by atoms with Crippen molar-refractivity contribution in [2.75, 3.05) is 12.4 Å². The summed E-state index contributed by atoms with van der Waals surface area (Å²) in [7, 11) is 1.58. The molecule has 9 nitrogen and oxygen atoms in total. The number of hydrogen-bond donors (Lipinski definition) is 2. The summed E-state index contributed by atoms with van der Waals surface area (Å²) in [6, 6.07) is 13.3. The summed E-state index contributed by atoms with van der Waals surface area (Å²) < 4.78 is 16.3. The third-order valence-corrected chi connectivity index (χ3v) is 4.22. The standard InChI is InChI=1S/C22H24N4O5/c1-13(2)23-22(28)24-18-8-6-5-7-17(18)21(27)30-14(3)19-25-26-20(31-19)15-9-11-16(29-4)12-10-15/h5-14H,1-4H3,(H2,23,24,28). The topological polar surface area (TPSA) is 116 Å². The van der Waals surface area contributed by atoms with E-state index in [9.17, 15) is 9.59 Å². The molecule has 3 rings (SSSR count). The molecule has 3 aromatic rings. The molecule has 2 amide bonds. The minimum Gasteiger partial charge on any atom is -0.497 e. The second-order valence-electron chi connectivity index (χ2n) is 7.02. The van der Waals surface area contributed by atoms with E-state index in [4.69, 9.17) is 13.9 Å². The summed E-state index contributed by atoms with van der Waals surface area (Å²) >= 11 is 0. The normalized spacial score (nSPS) is 11.6. The van der Waals surface area contributed by atoms with Crippen LogP contribution in [0.2, 0.25) is 0 Å². The number of nitrogens with zero attached hydrogens (tertiary/aromatic N) is 2. The predicted octanol–water partition coefficient (Wildman–Crippen LogP) is 4.19. The summed E-state index contributed by atoms with van der Waals surface area (Å²) in [5.41, 5.74) is 1.26. The molecule has 0 aliphatic rings. The smallest absolute Gasteiger partial charge is 0.341 e. The van der Waals surface area contributed by atoms with Crippen molar-refractivity contribution in [1.82, 2.24) is 15.5 Å². The summed E-state index contributed by atoms with van der Waals surface area (Å²) in [6.45, 7) is 5.31. The fourth-order valence-corrected chi connectivity index (χ4v) is 2.71. The van der Waals surface area contributed by atoms with E-state index in [1.165, 1.54) is 0 Å². The Morgan fingerprint density at radius 2 is 1.71 bits per heavy atom. The maximum absolute atomic E-state index is 12.7. The fraction of sp³-hybridized carbons (Fsp3) is 0.273. The van der Waals surface area contributed by atoms with Gasteiger partial charge in [0.25, 0.3) is 5.89 Å². The Morgan fingerprint density at radius 1 is 1.00 bits per heavy atom. The highest BCUT2D eigenvalue weighted by molar-refractivity contribution is 6.00. The first-order valence-electron chi connectivity index (χ1n) is 9.72. The number of carbonyl (C=O) groups is 2. The molecular formula is C22H24N4O5. The average molecular weight is 424 g/mol. The van der Waals surface area contributed by atoms with E-state index in [-0.39, 0.29) is 17.5 Å². The SMILES string of the molecule is COc1ccc(-c2nnc(C(C)OC(=O)c3ccccc3NC(=O)NC(C)C)o2)cc1. The van der Waals surface area contributed by atoms with Gasteiger partial charge in [-0.1, -0.05) is 12.1 Å². The van der Waals surface area contributed by atoms with E-state index < -0.39 is 18.1 Å². The van der Waals surface area contributed by atoms with E-state index in [0.29, 0.717) is 22.9 Å². The summed E-state index contributed by atoms with van der Waals surface area (Å²) in [5, 5.41) is 13.4. The van der Waals surface area contributed by atoms with Crippen LogP contribution in [0.25, 0.3) is 11.5 Å². The van der Waals surface area contributed by atoms with E-state index >= 15 is 0 Å². The van der Waals surface area contributed by atoms with Crippen LogP contribution < -0.4 is 15.4 Å². The van der Waals surface area contributed by atoms with Gasteiger partial charge >= 0.3 is 12.0 Å². The summed E-state index contributed by atoms with van der Waals surface area (Å²) in [4.78, 5) is 24.7. The molecule has 0 radical (unpaired) electrons. The zero-order valence-corrected chi connectivity index (χ0v) is 17.7. The number of benzene rings is 2. The monoisotopic (exact) mass is 424 g/mol. The Labute approximate surface area is 179 Å². The Morgan fingerprint density at radius 3 is 2.39 bits per heavy atom. The number of nitrogens with one attached hydrogen (secondary N) is 2. The van der Waals surface area contributed by atoms with Gasteiger partial charge in [0.2, 0.25) is 5.89 Å². The van der Waals surface area contributed by atoms with Crippen LogP contribution in [0, 0.1) is 0 Å². The largest absolute Gasteiger partial charge is 0.497 e. The van der Waals surface area contributed by atoms with Crippen molar-refractivity contribution in [1.29, 1.82) is 0 Å². The minimum atomic E-state index is -0.787. The number of amides is 2. The van der Waals surface area contributed by atoms with Crippen LogP contribution in [-0.2, 0) is 4.74 Å². The maximum Gasteiger partial charge on any atom is 0.341 e. The predicted molar refractivity (Wildman–Crippen MR) is 114 cm³/mol. The zero-order valence-electron chi connectivity index (χ0n) is 17.7. The van der Waals surface area contributed by atoms with Gasteiger partial charge in [-0.05, 0) is 57.2 Å². The van der Waals surface area contributed by atoms with Gasteiger partial charge < -0.3 is 24.5 Å². The first kappa shape index (κ1) is 21.8. The van der Waals surface area contributed by atoms with Gasteiger partial charge in [0.05, 0.1) is 18.4 Å². The van der Waals surface area contributed by atoms with Gasteiger partial charge in [-0.2, -0.15) is 0 Å². The molecular weight excluding hydrogens is 400 g/mol. The molecule has 9 heteroatoms. The number of ether oxygens (including phenoxy) is 2. The van der Waals surface area contributed by atoms with Crippen molar-refractivity contribution >= 4 is 17.7 Å². The molecule has 2 aromatic carbocycles. The molecule has 31 heavy (non-hydrogen) atoms. The molecule has 0 fully saturated rings. The molecule has 1 atom stereocenters. The molecule has 1 heterocycles. The second kappa shape index (κ2) is 9.75. The van der Waals surface area contributed by atoms with Crippen LogP contribution in [0.15, 0.2) is 52.9 Å². The number of hydrogen-bond acceptors (Lipinski definition) is 7. The lowest BCUT2D eigenvalue weighted by Gasteiger charge is -2.14. The van der Waals surface area contributed by atoms with Crippen LogP contribution in [0.5, 0.6) is 5.75 Å². The van der Waals surface area contributed by atoms with Crippen LogP contribution in [0.4, 0.5) is 10.5 Å². The van der Waals surface area contributed by atoms with Gasteiger partial charge in [0, 0.05) is 11.6 Å². The molecule has 0 saturated carbocycles. The van der Waals surface area contributed by atoms with Gasteiger partial charge in [-0.15, -0.1) is 10.2 Å². The lowest BCUT2D eigenvalue weighted by Crippen LogP contribution is -2.34. The summed E-state index contributed by atoms with van der Waals surface area (Å²) in [6.07, 6.45) is -0.787. The van der Waals surface area contributed by atoms with Gasteiger partial charge in [0.1, 0.15) is 5.75 Å². The Hall–Kier alpha value is -3.88. The number of anilines is 1. The van der Waals surface area contributed by atoms with Crippen LogP contribution in [0.3, 0.4) is 0 Å². The molecule has 0 aliphatic heterocycles. The van der Waals surface area contributed by atoms with E-state index in [2.05, 4.69) is 20.8 Å². The number of rotatable bonds is 7. The average Bonchev–Trinajstić information content (AvgIpc) is 3.24. The van der Waals surface area contributed by atoms with Gasteiger partial charge in [-0.25, -0.2) is 9.59 Å². The first-order chi connectivity index (χ1) is 14.9. The van der Waals surface area contributed by atoms with Gasteiger partial charge in [-0.3, -0.25) is 0 Å². The Balaban J connectivity index is 1.70. The van der Waals surface area contributed by atoms with Gasteiger partial charge in [0.15, 0.2) is 6.10 Å². The van der Waals surface area contributed by atoms with Crippen molar-refractivity contribution < 1.29 is 23.5 Å². The first-order valence-corrected chi connectivity index (χ1v) is 9.72. The molecule has 1 unspecified atom stereocenters. The highest BCUT2D eigenvalue weighted by atomic mass is 16.6. The molecule has 1 aromatic heterocycles. The van der Waals surface area contributed by atoms with Crippen LogP contribution >= 0.6 is 0 Å². The van der Waals surface area contributed by atoms with Crippen molar-refractivity contribution in [3.63, 3.8) is 0 Å². The number of para-hydroxylation sites is 1. The lowest BCUT2D eigenvalue weighted by molar-refractivity contribution is 0.0281. The number of urea groups is 1. The van der Waals surface area contributed by atoms with Crippen LogP contribution in [0.1, 0.15) is 43.1 Å². The molecule has 0 saturated heterocycles. The van der Waals surface area contributed by atoms with E-state index in [1.807, 2.05) is 13.8 Å². The summed E-state index contributed by atoms with van der Waals surface area (Å²) in [5.74, 6) is 0.535. The third-order valence-electron chi connectivity index (χ3n) is 4.22. The Kier molecular flexibility index (Phi) is 6.86.